The van der Waals surface area contributed by atoms with Crippen LogP contribution in [0.3, 0.4) is 0 Å². The fourth-order valence-electron chi connectivity index (χ4n) is 3.25. The van der Waals surface area contributed by atoms with Crippen LogP contribution in [0.5, 0.6) is 0 Å². The van der Waals surface area contributed by atoms with Gasteiger partial charge in [-0.05, 0) is 25.8 Å². The van der Waals surface area contributed by atoms with Crippen molar-refractivity contribution in [2.75, 3.05) is 39.8 Å². The summed E-state index contributed by atoms with van der Waals surface area (Å²) in [4.78, 5) is 9.20. The largest absolute Gasteiger partial charge is 0.361 e. The van der Waals surface area contributed by atoms with Crippen molar-refractivity contribution in [2.24, 2.45) is 4.99 Å². The normalized spacial score (nSPS) is 16.1. The molecule has 0 radical (unpaired) electrons. The van der Waals surface area contributed by atoms with Crippen LogP contribution in [0, 0.1) is 13.8 Å². The number of guanidine groups is 1. The maximum atomic E-state index is 5.15. The van der Waals surface area contributed by atoms with Crippen molar-refractivity contribution < 1.29 is 4.52 Å². The van der Waals surface area contributed by atoms with Gasteiger partial charge in [-0.3, -0.25) is 9.89 Å². The van der Waals surface area contributed by atoms with Gasteiger partial charge in [0.2, 0.25) is 0 Å². The van der Waals surface area contributed by atoms with Crippen LogP contribution in [0.1, 0.15) is 22.6 Å². The summed E-state index contributed by atoms with van der Waals surface area (Å²) in [6.45, 7) is 9.75. The fourth-order valence-corrected chi connectivity index (χ4v) is 3.25. The van der Waals surface area contributed by atoms with Gasteiger partial charge in [0, 0.05) is 52.4 Å². The summed E-state index contributed by atoms with van der Waals surface area (Å²) >= 11 is 0. The minimum absolute atomic E-state index is 0.852. The fraction of sp³-hybridized carbons (Fsp3) is 0.500. The molecule has 0 amide bonds. The average Bonchev–Trinajstić information content (AvgIpc) is 3.06. The second-order valence-corrected chi connectivity index (χ2v) is 6.90. The SMILES string of the molecule is CN=C(NCCc1ccc(C)cc1)N1CCN(Cc2cc(C)on2)CC1. The van der Waals surface area contributed by atoms with Gasteiger partial charge in [-0.15, -0.1) is 0 Å². The molecule has 1 aliphatic heterocycles. The molecule has 6 nitrogen and oxygen atoms in total. The number of nitrogens with zero attached hydrogens (tertiary/aromatic N) is 4. The third kappa shape index (κ3) is 5.08. The van der Waals surface area contributed by atoms with Gasteiger partial charge in [0.05, 0.1) is 5.69 Å². The van der Waals surface area contributed by atoms with Crippen molar-refractivity contribution in [3.05, 3.63) is 52.9 Å². The number of aliphatic imine (C=N–C) groups is 1. The lowest BCUT2D eigenvalue weighted by molar-refractivity contribution is 0.169. The third-order valence-electron chi connectivity index (χ3n) is 4.76. The highest BCUT2D eigenvalue weighted by Gasteiger charge is 2.20. The molecule has 1 N–H and O–H groups in total. The predicted molar refractivity (Wildman–Crippen MR) is 104 cm³/mol. The van der Waals surface area contributed by atoms with E-state index in [2.05, 4.69) is 56.5 Å². The molecule has 6 heteroatoms. The van der Waals surface area contributed by atoms with Crippen LogP contribution in [0.4, 0.5) is 0 Å². The number of rotatable bonds is 5. The molecule has 1 aromatic carbocycles. The Balaban J connectivity index is 1.42. The zero-order valence-corrected chi connectivity index (χ0v) is 16.0. The first-order valence-corrected chi connectivity index (χ1v) is 9.30. The number of aryl methyl sites for hydroxylation is 2. The summed E-state index contributed by atoms with van der Waals surface area (Å²) in [6.07, 6.45) is 1.00. The Bertz CT molecular complexity index is 714. The lowest BCUT2D eigenvalue weighted by atomic mass is 10.1. The molecule has 0 spiro atoms. The summed E-state index contributed by atoms with van der Waals surface area (Å²) < 4.78 is 5.15. The van der Waals surface area contributed by atoms with Crippen molar-refractivity contribution in [1.82, 2.24) is 20.3 Å². The second kappa shape index (κ2) is 8.85. The molecule has 26 heavy (non-hydrogen) atoms. The van der Waals surface area contributed by atoms with Gasteiger partial charge >= 0.3 is 0 Å². The maximum Gasteiger partial charge on any atom is 0.193 e. The van der Waals surface area contributed by atoms with Gasteiger partial charge in [-0.25, -0.2) is 0 Å². The van der Waals surface area contributed by atoms with Crippen LogP contribution < -0.4 is 5.32 Å². The van der Waals surface area contributed by atoms with Gasteiger partial charge in [0.15, 0.2) is 5.96 Å². The van der Waals surface area contributed by atoms with Crippen LogP contribution in [-0.2, 0) is 13.0 Å². The topological polar surface area (TPSA) is 56.9 Å². The Labute approximate surface area is 155 Å². The van der Waals surface area contributed by atoms with E-state index in [9.17, 15) is 0 Å². The molecule has 0 bridgehead atoms. The molecule has 0 atom stereocenters. The van der Waals surface area contributed by atoms with Crippen molar-refractivity contribution in [3.8, 4) is 0 Å². The van der Waals surface area contributed by atoms with E-state index in [1.165, 1.54) is 11.1 Å². The van der Waals surface area contributed by atoms with Crippen LogP contribution in [0.2, 0.25) is 0 Å². The van der Waals surface area contributed by atoms with E-state index in [1.807, 2.05) is 20.0 Å². The molecule has 0 unspecified atom stereocenters. The molecule has 140 valence electrons. The smallest absolute Gasteiger partial charge is 0.193 e. The Hall–Kier alpha value is -2.34. The Morgan fingerprint density at radius 1 is 1.15 bits per heavy atom. The first kappa shape index (κ1) is 18.5. The summed E-state index contributed by atoms with van der Waals surface area (Å²) in [5, 5.41) is 7.59. The van der Waals surface area contributed by atoms with Crippen molar-refractivity contribution in [2.45, 2.75) is 26.8 Å². The zero-order chi connectivity index (χ0) is 18.4. The number of benzene rings is 1. The van der Waals surface area contributed by atoms with Gasteiger partial charge < -0.3 is 14.7 Å². The monoisotopic (exact) mass is 355 g/mol. The highest BCUT2D eigenvalue weighted by molar-refractivity contribution is 5.80. The quantitative estimate of drug-likeness (QED) is 0.658. The minimum Gasteiger partial charge on any atom is -0.361 e. The number of aromatic nitrogens is 1. The maximum absolute atomic E-state index is 5.15. The zero-order valence-electron chi connectivity index (χ0n) is 16.0. The lowest BCUT2D eigenvalue weighted by Crippen LogP contribution is -2.52. The molecule has 1 aliphatic rings. The predicted octanol–water partition coefficient (Wildman–Crippen LogP) is 2.23. The summed E-state index contributed by atoms with van der Waals surface area (Å²) in [5.74, 6) is 1.87. The lowest BCUT2D eigenvalue weighted by Gasteiger charge is -2.36. The Morgan fingerprint density at radius 2 is 1.88 bits per heavy atom. The summed E-state index contributed by atoms with van der Waals surface area (Å²) in [7, 11) is 1.86. The van der Waals surface area contributed by atoms with E-state index in [0.717, 1.165) is 63.1 Å². The van der Waals surface area contributed by atoms with E-state index in [1.54, 1.807) is 0 Å². The van der Waals surface area contributed by atoms with Crippen molar-refractivity contribution in [1.29, 1.82) is 0 Å². The van der Waals surface area contributed by atoms with Gasteiger partial charge in [0.1, 0.15) is 5.76 Å². The van der Waals surface area contributed by atoms with Crippen molar-refractivity contribution in [3.63, 3.8) is 0 Å². The molecule has 1 aromatic heterocycles. The third-order valence-corrected chi connectivity index (χ3v) is 4.76. The number of hydrogen-bond acceptors (Lipinski definition) is 4. The Morgan fingerprint density at radius 3 is 2.50 bits per heavy atom. The highest BCUT2D eigenvalue weighted by Crippen LogP contribution is 2.09. The van der Waals surface area contributed by atoms with E-state index < -0.39 is 0 Å². The first-order valence-electron chi connectivity index (χ1n) is 9.30. The van der Waals surface area contributed by atoms with Crippen LogP contribution in [0.25, 0.3) is 0 Å². The van der Waals surface area contributed by atoms with E-state index in [4.69, 9.17) is 4.52 Å². The molecular weight excluding hydrogens is 326 g/mol. The molecule has 2 heterocycles. The summed E-state index contributed by atoms with van der Waals surface area (Å²) in [6, 6.07) is 10.7. The van der Waals surface area contributed by atoms with Crippen LogP contribution >= 0.6 is 0 Å². The first-order chi connectivity index (χ1) is 12.6. The molecule has 0 aliphatic carbocycles. The molecule has 1 fully saturated rings. The van der Waals surface area contributed by atoms with Gasteiger partial charge in [-0.1, -0.05) is 35.0 Å². The molecule has 2 aromatic rings. The highest BCUT2D eigenvalue weighted by atomic mass is 16.5. The van der Waals surface area contributed by atoms with E-state index in [0.29, 0.717) is 0 Å². The summed E-state index contributed by atoms with van der Waals surface area (Å²) in [5.41, 5.74) is 3.67. The standard InChI is InChI=1S/C20H29N5O/c1-16-4-6-18(7-5-16)8-9-22-20(21-3)25-12-10-24(11-13-25)15-19-14-17(2)26-23-19/h4-7,14H,8-13,15H2,1-3H3,(H,21,22). The van der Waals surface area contributed by atoms with E-state index in [-0.39, 0.29) is 0 Å². The van der Waals surface area contributed by atoms with Crippen molar-refractivity contribution >= 4 is 5.96 Å². The number of piperazine rings is 1. The molecule has 3 rings (SSSR count). The second-order valence-electron chi connectivity index (χ2n) is 6.90. The van der Waals surface area contributed by atoms with E-state index >= 15 is 0 Å². The number of nitrogens with one attached hydrogen (secondary N) is 1. The average molecular weight is 355 g/mol. The van der Waals surface area contributed by atoms with Crippen LogP contribution in [-0.4, -0.2) is 60.7 Å². The van der Waals surface area contributed by atoms with Gasteiger partial charge in [-0.2, -0.15) is 0 Å². The molecule has 1 saturated heterocycles. The Kier molecular flexibility index (Phi) is 6.28. The van der Waals surface area contributed by atoms with Gasteiger partial charge in [0.25, 0.3) is 0 Å². The molecular formula is C20H29N5O. The molecule has 0 saturated carbocycles. The van der Waals surface area contributed by atoms with Crippen LogP contribution in [0.15, 0.2) is 39.8 Å². The minimum atomic E-state index is 0.852. The number of hydrogen-bond donors (Lipinski definition) is 1.